The van der Waals surface area contributed by atoms with E-state index < -0.39 is 28.0 Å². The molecule has 1 amide bonds. The number of aliphatic imine (C=N–C) groups is 1. The number of alkyl halides is 3. The molecule has 0 aromatic heterocycles. The largest absolute Gasteiger partial charge is 0.573 e. The third-order valence-electron chi connectivity index (χ3n) is 3.33. The lowest BCUT2D eigenvalue weighted by molar-refractivity contribution is -0.274. The smallest absolute Gasteiger partial charge is 0.406 e. The molecule has 0 atom stereocenters. The van der Waals surface area contributed by atoms with Crippen LogP contribution in [-0.2, 0) is 14.8 Å². The Labute approximate surface area is 145 Å². The molecule has 26 heavy (non-hydrogen) atoms. The number of rotatable bonds is 3. The Kier molecular flexibility index (Phi) is 4.20. The summed E-state index contributed by atoms with van der Waals surface area (Å²) in [5.41, 5.74) is 0.263. The summed E-state index contributed by atoms with van der Waals surface area (Å²) >= 11 is 0. The van der Waals surface area contributed by atoms with Gasteiger partial charge in [0.05, 0.1) is 16.3 Å². The zero-order valence-electron chi connectivity index (χ0n) is 12.7. The van der Waals surface area contributed by atoms with Crippen molar-refractivity contribution >= 4 is 33.0 Å². The second kappa shape index (κ2) is 6.11. The van der Waals surface area contributed by atoms with Crippen LogP contribution in [-0.4, -0.2) is 26.4 Å². The van der Waals surface area contributed by atoms with Gasteiger partial charge in [-0.2, -0.15) is 0 Å². The molecule has 1 aliphatic heterocycles. The fraction of sp³-hybridized carbons (Fsp3) is 0.0667. The quantitative estimate of drug-likeness (QED) is 0.844. The van der Waals surface area contributed by atoms with Crippen LogP contribution >= 0.6 is 0 Å². The van der Waals surface area contributed by atoms with Crippen molar-refractivity contribution in [3.05, 3.63) is 48.0 Å². The number of anilines is 1. The Balaban J connectivity index is 2.04. The van der Waals surface area contributed by atoms with Crippen LogP contribution in [0.25, 0.3) is 0 Å². The Morgan fingerprint density at radius 3 is 2.50 bits per heavy atom. The summed E-state index contributed by atoms with van der Waals surface area (Å²) in [7, 11) is -3.97. The number of ether oxygens (including phenoxy) is 1. The molecule has 0 saturated heterocycles. The number of nitrogens with zero attached hydrogens (tertiary/aromatic N) is 1. The third kappa shape index (κ3) is 3.83. The molecule has 0 unspecified atom stereocenters. The van der Waals surface area contributed by atoms with Crippen LogP contribution in [0.1, 0.15) is 5.56 Å². The van der Waals surface area contributed by atoms with Gasteiger partial charge in [-0.3, -0.25) is 4.79 Å². The Hall–Kier alpha value is -2.92. The maximum absolute atomic E-state index is 12.4. The summed E-state index contributed by atoms with van der Waals surface area (Å²) in [6, 6.07) is 8.50. The highest BCUT2D eigenvalue weighted by molar-refractivity contribution is 7.89. The molecule has 0 spiro atoms. The maximum Gasteiger partial charge on any atom is 0.573 e. The average molecular weight is 385 g/mol. The van der Waals surface area contributed by atoms with Gasteiger partial charge in [-0.25, -0.2) is 18.5 Å². The molecule has 3 N–H and O–H groups in total. The van der Waals surface area contributed by atoms with Gasteiger partial charge in [0.2, 0.25) is 10.0 Å². The normalized spacial score (nSPS) is 15.7. The fourth-order valence-corrected chi connectivity index (χ4v) is 2.85. The first-order chi connectivity index (χ1) is 12.0. The number of nitrogens with two attached hydrogens (primary N) is 1. The number of hydrogen-bond donors (Lipinski definition) is 2. The minimum atomic E-state index is -4.88. The molecular weight excluding hydrogens is 375 g/mol. The first kappa shape index (κ1) is 17.9. The van der Waals surface area contributed by atoms with Crippen molar-refractivity contribution in [1.82, 2.24) is 0 Å². The average Bonchev–Trinajstić information content (AvgIpc) is 2.81. The van der Waals surface area contributed by atoms with Crippen LogP contribution in [0.15, 0.2) is 52.4 Å². The van der Waals surface area contributed by atoms with Gasteiger partial charge in [0.15, 0.2) is 0 Å². The summed E-state index contributed by atoms with van der Waals surface area (Å²) in [5.74, 6) is -1.16. The second-order valence-corrected chi connectivity index (χ2v) is 6.77. The number of carbonyl (C=O) groups excluding carboxylic acids is 1. The van der Waals surface area contributed by atoms with Crippen LogP contribution in [0.3, 0.4) is 0 Å². The monoisotopic (exact) mass is 385 g/mol. The van der Waals surface area contributed by atoms with E-state index in [-0.39, 0.29) is 27.5 Å². The second-order valence-electron chi connectivity index (χ2n) is 5.21. The van der Waals surface area contributed by atoms with Gasteiger partial charge in [0.25, 0.3) is 5.91 Å². The summed E-state index contributed by atoms with van der Waals surface area (Å²) < 4.78 is 63.7. The number of hydrogen-bond acceptors (Lipinski definition) is 5. The highest BCUT2D eigenvalue weighted by Gasteiger charge is 2.33. The lowest BCUT2D eigenvalue weighted by Gasteiger charge is -2.09. The molecule has 11 heteroatoms. The Morgan fingerprint density at radius 1 is 1.12 bits per heavy atom. The molecule has 3 rings (SSSR count). The number of primary sulfonamides is 1. The molecule has 0 saturated carbocycles. The van der Waals surface area contributed by atoms with Crippen LogP contribution in [0.5, 0.6) is 5.75 Å². The molecule has 1 aliphatic rings. The van der Waals surface area contributed by atoms with E-state index in [1.807, 2.05) is 0 Å². The predicted molar refractivity (Wildman–Crippen MR) is 85.8 cm³/mol. The van der Waals surface area contributed by atoms with E-state index in [1.54, 1.807) is 0 Å². The van der Waals surface area contributed by atoms with Gasteiger partial charge < -0.3 is 10.1 Å². The van der Waals surface area contributed by atoms with Gasteiger partial charge in [0, 0.05) is 5.56 Å². The lowest BCUT2D eigenvalue weighted by atomic mass is 10.1. The number of amides is 1. The van der Waals surface area contributed by atoms with Crippen LogP contribution < -0.4 is 15.2 Å². The fourth-order valence-electron chi connectivity index (χ4n) is 2.30. The van der Waals surface area contributed by atoms with Gasteiger partial charge >= 0.3 is 6.36 Å². The van der Waals surface area contributed by atoms with Gasteiger partial charge in [-0.15, -0.1) is 13.2 Å². The van der Waals surface area contributed by atoms with Crippen molar-refractivity contribution < 1.29 is 31.1 Å². The predicted octanol–water partition coefficient (Wildman–Crippen LogP) is 2.31. The summed E-state index contributed by atoms with van der Waals surface area (Å²) in [4.78, 5) is 15.9. The van der Waals surface area contributed by atoms with E-state index in [2.05, 4.69) is 15.0 Å². The van der Waals surface area contributed by atoms with Crippen molar-refractivity contribution in [3.8, 4) is 5.75 Å². The van der Waals surface area contributed by atoms with Crippen molar-refractivity contribution in [2.24, 2.45) is 10.1 Å². The van der Waals surface area contributed by atoms with Gasteiger partial charge in [-0.05, 0) is 36.4 Å². The number of fused-ring (bicyclic) bond motifs is 1. The topological polar surface area (TPSA) is 111 Å². The first-order valence-electron chi connectivity index (χ1n) is 6.96. The highest BCUT2D eigenvalue weighted by atomic mass is 32.2. The van der Waals surface area contributed by atoms with Crippen molar-refractivity contribution in [2.45, 2.75) is 11.3 Å². The molecule has 0 fully saturated rings. The third-order valence-corrected chi connectivity index (χ3v) is 4.24. The number of benzene rings is 2. The summed E-state index contributed by atoms with van der Waals surface area (Å²) in [6.45, 7) is 0. The summed E-state index contributed by atoms with van der Waals surface area (Å²) in [6.07, 6.45) is -4.88. The molecule has 0 bridgehead atoms. The van der Waals surface area contributed by atoms with E-state index in [4.69, 9.17) is 5.14 Å². The van der Waals surface area contributed by atoms with E-state index >= 15 is 0 Å². The molecule has 136 valence electrons. The van der Waals surface area contributed by atoms with Gasteiger partial charge in [0.1, 0.15) is 11.5 Å². The molecule has 0 aliphatic carbocycles. The maximum atomic E-state index is 12.4. The minimum Gasteiger partial charge on any atom is -0.406 e. The zero-order valence-corrected chi connectivity index (χ0v) is 13.6. The Morgan fingerprint density at radius 2 is 1.85 bits per heavy atom. The standard InChI is InChI=1S/C15H10F3N3O4S/c16-15(17,18)25-9-4-5-12-11(7-9)13(14(22)21-12)20-8-2-1-3-10(6-8)26(19,23)24/h1-7H,(H2,19,23,24)(H,20,21,22). The van der Waals surface area contributed by atoms with E-state index in [1.165, 1.54) is 24.3 Å². The van der Waals surface area contributed by atoms with E-state index in [0.717, 1.165) is 18.2 Å². The minimum absolute atomic E-state index is 0.0941. The van der Waals surface area contributed by atoms with Crippen LogP contribution in [0.4, 0.5) is 24.5 Å². The molecule has 2 aromatic carbocycles. The van der Waals surface area contributed by atoms with Crippen molar-refractivity contribution in [1.29, 1.82) is 0 Å². The molecule has 2 aromatic rings. The lowest BCUT2D eigenvalue weighted by Crippen LogP contribution is -2.17. The molecule has 0 radical (unpaired) electrons. The van der Waals surface area contributed by atoms with Crippen molar-refractivity contribution in [3.63, 3.8) is 0 Å². The van der Waals surface area contributed by atoms with E-state index in [0.29, 0.717) is 0 Å². The van der Waals surface area contributed by atoms with E-state index in [9.17, 15) is 26.4 Å². The zero-order chi connectivity index (χ0) is 19.1. The number of halogens is 3. The Bertz CT molecular complexity index is 1030. The molecule has 7 nitrogen and oxygen atoms in total. The van der Waals surface area contributed by atoms with Crippen LogP contribution in [0, 0.1) is 0 Å². The van der Waals surface area contributed by atoms with Crippen molar-refractivity contribution in [2.75, 3.05) is 5.32 Å². The molecular formula is C15H10F3N3O4S. The van der Waals surface area contributed by atoms with Gasteiger partial charge in [-0.1, -0.05) is 6.07 Å². The number of nitrogens with one attached hydrogen (secondary N) is 1. The number of sulfonamides is 1. The van der Waals surface area contributed by atoms with Crippen LogP contribution in [0.2, 0.25) is 0 Å². The molecule has 1 heterocycles. The highest BCUT2D eigenvalue weighted by Crippen LogP contribution is 2.32. The SMILES string of the molecule is NS(=O)(=O)c1cccc(N=C2C(=O)Nc3ccc(OC(F)(F)F)cc32)c1. The number of carbonyl (C=O) groups is 1. The summed E-state index contributed by atoms with van der Waals surface area (Å²) in [5, 5.41) is 7.49. The first-order valence-corrected chi connectivity index (χ1v) is 8.51.